The van der Waals surface area contributed by atoms with Gasteiger partial charge >= 0.3 is 0 Å². The van der Waals surface area contributed by atoms with Gasteiger partial charge in [0.25, 0.3) is 0 Å². The molecular weight excluding hydrogens is 263 g/mol. The molecule has 0 fully saturated rings. The van der Waals surface area contributed by atoms with Gasteiger partial charge in [-0.05, 0) is 19.0 Å². The molecule has 0 saturated carbocycles. The van der Waals surface area contributed by atoms with Crippen LogP contribution in [0.25, 0.3) is 0 Å². The number of halogens is 1. The van der Waals surface area contributed by atoms with Crippen LogP contribution in [-0.2, 0) is 11.3 Å². The highest BCUT2D eigenvalue weighted by atomic mass is 32.2. The molecule has 5 heteroatoms. The summed E-state index contributed by atoms with van der Waals surface area (Å²) < 4.78 is 13.5. The van der Waals surface area contributed by atoms with Crippen molar-refractivity contribution in [1.29, 1.82) is 0 Å². The second-order valence-electron chi connectivity index (χ2n) is 4.54. The molecule has 1 amide bonds. The van der Waals surface area contributed by atoms with Gasteiger partial charge in [-0.1, -0.05) is 25.1 Å². The molecule has 19 heavy (non-hydrogen) atoms. The van der Waals surface area contributed by atoms with Gasteiger partial charge in [0.05, 0.1) is 5.75 Å². The Morgan fingerprint density at radius 3 is 2.79 bits per heavy atom. The molecule has 0 heterocycles. The Morgan fingerprint density at radius 1 is 1.47 bits per heavy atom. The number of nitrogens with two attached hydrogens (primary N) is 1. The Labute approximate surface area is 118 Å². The van der Waals surface area contributed by atoms with Gasteiger partial charge in [-0.2, -0.15) is 0 Å². The molecule has 3 nitrogen and oxygen atoms in total. The van der Waals surface area contributed by atoms with Gasteiger partial charge in [0.1, 0.15) is 5.82 Å². The summed E-state index contributed by atoms with van der Waals surface area (Å²) in [5, 5.41) is 0.371. The number of thioether (sulfide) groups is 1. The Bertz CT molecular complexity index is 414. The SMILES string of the molecule is CC(CCN)SCC(=O)N(C)Cc1ccccc1F. The molecule has 1 unspecified atom stereocenters. The zero-order valence-electron chi connectivity index (χ0n) is 11.4. The number of carbonyl (C=O) groups excluding carboxylic acids is 1. The van der Waals surface area contributed by atoms with Crippen LogP contribution < -0.4 is 5.73 Å². The van der Waals surface area contributed by atoms with E-state index in [4.69, 9.17) is 5.73 Å². The van der Waals surface area contributed by atoms with Gasteiger partial charge in [0, 0.05) is 24.4 Å². The van der Waals surface area contributed by atoms with Gasteiger partial charge in [0.15, 0.2) is 0 Å². The first-order valence-corrected chi connectivity index (χ1v) is 7.38. The fourth-order valence-electron chi connectivity index (χ4n) is 1.61. The summed E-state index contributed by atoms with van der Waals surface area (Å²) in [5.41, 5.74) is 6.00. The molecule has 1 aromatic rings. The van der Waals surface area contributed by atoms with E-state index in [1.54, 1.807) is 41.9 Å². The summed E-state index contributed by atoms with van der Waals surface area (Å²) in [5.74, 6) is 0.148. The average Bonchev–Trinajstić information content (AvgIpc) is 2.39. The highest BCUT2D eigenvalue weighted by Gasteiger charge is 2.13. The fourth-order valence-corrected chi connectivity index (χ4v) is 2.56. The number of benzene rings is 1. The third-order valence-electron chi connectivity index (χ3n) is 2.86. The first-order chi connectivity index (χ1) is 9.04. The molecule has 1 rings (SSSR count). The molecule has 0 spiro atoms. The molecule has 0 aliphatic rings. The molecule has 0 bridgehead atoms. The highest BCUT2D eigenvalue weighted by Crippen LogP contribution is 2.15. The Kier molecular flexibility index (Phi) is 6.87. The summed E-state index contributed by atoms with van der Waals surface area (Å²) >= 11 is 1.59. The molecule has 0 saturated heterocycles. The largest absolute Gasteiger partial charge is 0.341 e. The van der Waals surface area contributed by atoms with Crippen LogP contribution in [0.15, 0.2) is 24.3 Å². The minimum absolute atomic E-state index is 0.0112. The standard InChI is InChI=1S/C14H21FN2OS/c1-11(7-8-16)19-10-14(18)17(2)9-12-5-3-4-6-13(12)15/h3-6,11H,7-10,16H2,1-2H3. The van der Waals surface area contributed by atoms with Gasteiger partial charge < -0.3 is 10.6 Å². The Hall–Kier alpha value is -1.07. The van der Waals surface area contributed by atoms with Crippen LogP contribution in [0.3, 0.4) is 0 Å². The van der Waals surface area contributed by atoms with E-state index in [0.717, 1.165) is 6.42 Å². The van der Waals surface area contributed by atoms with Crippen LogP contribution >= 0.6 is 11.8 Å². The van der Waals surface area contributed by atoms with E-state index >= 15 is 0 Å². The van der Waals surface area contributed by atoms with Crippen molar-refractivity contribution >= 4 is 17.7 Å². The van der Waals surface area contributed by atoms with Crippen molar-refractivity contribution in [2.24, 2.45) is 5.73 Å². The maximum Gasteiger partial charge on any atom is 0.232 e. The first kappa shape index (κ1) is 16.0. The minimum Gasteiger partial charge on any atom is -0.341 e. The van der Waals surface area contributed by atoms with Crippen LogP contribution in [-0.4, -0.2) is 35.4 Å². The van der Waals surface area contributed by atoms with E-state index in [1.807, 2.05) is 0 Å². The van der Waals surface area contributed by atoms with E-state index in [1.165, 1.54) is 6.07 Å². The molecule has 2 N–H and O–H groups in total. The van der Waals surface area contributed by atoms with Crippen LogP contribution in [0.1, 0.15) is 18.9 Å². The lowest BCUT2D eigenvalue weighted by Crippen LogP contribution is -2.28. The lowest BCUT2D eigenvalue weighted by atomic mass is 10.2. The van der Waals surface area contributed by atoms with Gasteiger partial charge in [-0.25, -0.2) is 4.39 Å². The smallest absolute Gasteiger partial charge is 0.232 e. The molecule has 106 valence electrons. The maximum absolute atomic E-state index is 13.5. The normalized spacial score (nSPS) is 12.2. The second kappa shape index (κ2) is 8.17. The van der Waals surface area contributed by atoms with Gasteiger partial charge in [-0.3, -0.25) is 4.79 Å². The first-order valence-electron chi connectivity index (χ1n) is 6.33. The molecule has 1 aromatic carbocycles. The van der Waals surface area contributed by atoms with Crippen molar-refractivity contribution in [3.63, 3.8) is 0 Å². The maximum atomic E-state index is 13.5. The number of carbonyl (C=O) groups is 1. The number of hydrogen-bond donors (Lipinski definition) is 1. The summed E-state index contributed by atoms with van der Waals surface area (Å²) in [7, 11) is 1.70. The molecule has 0 aliphatic carbocycles. The Morgan fingerprint density at radius 2 is 2.16 bits per heavy atom. The Balaban J connectivity index is 2.43. The van der Waals surface area contributed by atoms with E-state index in [-0.39, 0.29) is 11.7 Å². The van der Waals surface area contributed by atoms with Crippen LogP contribution in [0, 0.1) is 5.82 Å². The second-order valence-corrected chi connectivity index (χ2v) is 5.97. The summed E-state index contributed by atoms with van der Waals surface area (Å²) in [6.45, 7) is 2.99. The molecule has 0 aromatic heterocycles. The average molecular weight is 284 g/mol. The predicted octanol–water partition coefficient (Wildman–Crippen LogP) is 2.25. The zero-order chi connectivity index (χ0) is 14.3. The number of hydrogen-bond acceptors (Lipinski definition) is 3. The minimum atomic E-state index is -0.272. The van der Waals surface area contributed by atoms with Crippen molar-refractivity contribution in [3.8, 4) is 0 Å². The fraction of sp³-hybridized carbons (Fsp3) is 0.500. The quantitative estimate of drug-likeness (QED) is 0.835. The number of amides is 1. The summed E-state index contributed by atoms with van der Waals surface area (Å²) in [4.78, 5) is 13.5. The molecular formula is C14H21FN2OS. The lowest BCUT2D eigenvalue weighted by Gasteiger charge is -2.18. The monoisotopic (exact) mass is 284 g/mol. The van der Waals surface area contributed by atoms with Crippen molar-refractivity contribution < 1.29 is 9.18 Å². The van der Waals surface area contributed by atoms with Crippen LogP contribution in [0.4, 0.5) is 4.39 Å². The molecule has 1 atom stereocenters. The van der Waals surface area contributed by atoms with Crippen LogP contribution in [0.5, 0.6) is 0 Å². The van der Waals surface area contributed by atoms with Gasteiger partial charge in [0.2, 0.25) is 5.91 Å². The number of nitrogens with zero attached hydrogens (tertiary/aromatic N) is 1. The van der Waals surface area contributed by atoms with Crippen molar-refractivity contribution in [1.82, 2.24) is 4.90 Å². The highest BCUT2D eigenvalue weighted by molar-refractivity contribution is 8.00. The predicted molar refractivity (Wildman–Crippen MR) is 78.5 cm³/mol. The third kappa shape index (κ3) is 5.61. The van der Waals surface area contributed by atoms with E-state index in [2.05, 4.69) is 6.92 Å². The third-order valence-corrected chi connectivity index (χ3v) is 4.07. The summed E-state index contributed by atoms with van der Waals surface area (Å²) in [6.07, 6.45) is 0.898. The van der Waals surface area contributed by atoms with Gasteiger partial charge in [-0.15, -0.1) is 11.8 Å². The van der Waals surface area contributed by atoms with Crippen LogP contribution in [0.2, 0.25) is 0 Å². The van der Waals surface area contributed by atoms with E-state index in [9.17, 15) is 9.18 Å². The number of rotatable bonds is 7. The van der Waals surface area contributed by atoms with Crippen molar-refractivity contribution in [3.05, 3.63) is 35.6 Å². The topological polar surface area (TPSA) is 46.3 Å². The molecule has 0 aliphatic heterocycles. The zero-order valence-corrected chi connectivity index (χ0v) is 12.3. The molecule has 0 radical (unpaired) electrons. The van der Waals surface area contributed by atoms with Crippen molar-refractivity contribution in [2.45, 2.75) is 25.1 Å². The van der Waals surface area contributed by atoms with Crippen molar-refractivity contribution in [2.75, 3.05) is 19.3 Å². The summed E-state index contributed by atoms with van der Waals surface area (Å²) in [6, 6.07) is 6.52. The lowest BCUT2D eigenvalue weighted by molar-refractivity contribution is -0.127. The van der Waals surface area contributed by atoms with E-state index < -0.39 is 0 Å². The van der Waals surface area contributed by atoms with E-state index in [0.29, 0.717) is 29.7 Å².